The van der Waals surface area contributed by atoms with Gasteiger partial charge in [-0.1, -0.05) is 44.2 Å². The number of nitrogens with one attached hydrogen (secondary N) is 2. The molecule has 0 aliphatic rings. The van der Waals surface area contributed by atoms with Crippen molar-refractivity contribution in [2.75, 3.05) is 6.54 Å². The highest BCUT2D eigenvalue weighted by Gasteiger charge is 2.17. The Kier molecular flexibility index (Phi) is 6.56. The van der Waals surface area contributed by atoms with E-state index in [0.29, 0.717) is 18.9 Å². The first-order valence-corrected chi connectivity index (χ1v) is 6.86. The van der Waals surface area contributed by atoms with Gasteiger partial charge in [0, 0.05) is 6.54 Å². The molecule has 1 rings (SSSR count). The minimum Gasteiger partial charge on any atom is -0.480 e. The van der Waals surface area contributed by atoms with Gasteiger partial charge < -0.3 is 15.7 Å². The van der Waals surface area contributed by atoms with Gasteiger partial charge in [0.2, 0.25) is 0 Å². The van der Waals surface area contributed by atoms with Crippen LogP contribution in [-0.2, 0) is 4.79 Å². The van der Waals surface area contributed by atoms with E-state index in [4.69, 9.17) is 5.11 Å². The lowest BCUT2D eigenvalue weighted by Crippen LogP contribution is -2.45. The zero-order valence-corrected chi connectivity index (χ0v) is 11.9. The lowest BCUT2D eigenvalue weighted by Gasteiger charge is -2.15. The van der Waals surface area contributed by atoms with Crippen molar-refractivity contribution in [1.82, 2.24) is 10.6 Å². The lowest BCUT2D eigenvalue weighted by molar-refractivity contribution is -0.139. The van der Waals surface area contributed by atoms with Crippen LogP contribution in [0.15, 0.2) is 30.3 Å². The van der Waals surface area contributed by atoms with E-state index in [-0.39, 0.29) is 0 Å². The third-order valence-corrected chi connectivity index (χ3v) is 3.24. The number of carbonyl (C=O) groups is 2. The van der Waals surface area contributed by atoms with Gasteiger partial charge in [0.15, 0.2) is 0 Å². The van der Waals surface area contributed by atoms with E-state index >= 15 is 0 Å². The Labute approximate surface area is 119 Å². The molecule has 20 heavy (non-hydrogen) atoms. The van der Waals surface area contributed by atoms with Crippen molar-refractivity contribution in [3.8, 4) is 0 Å². The number of amides is 2. The van der Waals surface area contributed by atoms with Crippen LogP contribution in [0, 0.1) is 0 Å². The molecular formula is C15H22N2O3. The second-order valence-corrected chi connectivity index (χ2v) is 4.80. The highest BCUT2D eigenvalue weighted by molar-refractivity contribution is 5.82. The molecule has 0 aliphatic heterocycles. The van der Waals surface area contributed by atoms with Crippen molar-refractivity contribution in [2.45, 2.75) is 38.6 Å². The number of carboxylic acid groups (broad SMARTS) is 1. The molecule has 3 N–H and O–H groups in total. The van der Waals surface area contributed by atoms with E-state index < -0.39 is 18.0 Å². The van der Waals surface area contributed by atoms with Crippen LogP contribution in [0.2, 0.25) is 0 Å². The third kappa shape index (κ3) is 5.30. The number of hydrogen-bond acceptors (Lipinski definition) is 2. The molecule has 110 valence electrons. The second kappa shape index (κ2) is 8.19. The topological polar surface area (TPSA) is 78.4 Å². The van der Waals surface area contributed by atoms with Gasteiger partial charge in [0.25, 0.3) is 0 Å². The number of benzene rings is 1. The van der Waals surface area contributed by atoms with E-state index in [1.54, 1.807) is 6.92 Å². The van der Waals surface area contributed by atoms with E-state index in [9.17, 15) is 9.59 Å². The summed E-state index contributed by atoms with van der Waals surface area (Å²) in [6, 6.07) is 8.81. The van der Waals surface area contributed by atoms with Gasteiger partial charge in [-0.25, -0.2) is 9.59 Å². The van der Waals surface area contributed by atoms with Crippen molar-refractivity contribution < 1.29 is 14.7 Å². The maximum atomic E-state index is 11.5. The van der Waals surface area contributed by atoms with Gasteiger partial charge in [-0.15, -0.1) is 0 Å². The SMILES string of the molecule is CCC(NC(=O)NCCC(C)c1ccccc1)C(=O)O. The lowest BCUT2D eigenvalue weighted by atomic mass is 9.98. The van der Waals surface area contributed by atoms with Crippen molar-refractivity contribution >= 4 is 12.0 Å². The summed E-state index contributed by atoms with van der Waals surface area (Å²) < 4.78 is 0. The smallest absolute Gasteiger partial charge is 0.326 e. The van der Waals surface area contributed by atoms with Crippen molar-refractivity contribution in [3.05, 3.63) is 35.9 Å². The Balaban J connectivity index is 2.30. The molecular weight excluding hydrogens is 256 g/mol. The molecule has 2 atom stereocenters. The molecule has 0 radical (unpaired) electrons. The predicted molar refractivity (Wildman–Crippen MR) is 77.7 cm³/mol. The first-order valence-electron chi connectivity index (χ1n) is 6.86. The second-order valence-electron chi connectivity index (χ2n) is 4.80. The van der Waals surface area contributed by atoms with Crippen molar-refractivity contribution in [2.24, 2.45) is 0 Å². The number of rotatable bonds is 7. The Hall–Kier alpha value is -2.04. The quantitative estimate of drug-likeness (QED) is 0.716. The Bertz CT molecular complexity index is 434. The molecule has 2 amide bonds. The van der Waals surface area contributed by atoms with Gasteiger partial charge in [-0.3, -0.25) is 0 Å². The molecule has 0 saturated heterocycles. The van der Waals surface area contributed by atoms with E-state index in [0.717, 1.165) is 6.42 Å². The molecule has 5 nitrogen and oxygen atoms in total. The summed E-state index contributed by atoms with van der Waals surface area (Å²) in [6.45, 7) is 4.33. The maximum Gasteiger partial charge on any atom is 0.326 e. The zero-order chi connectivity index (χ0) is 15.0. The van der Waals surface area contributed by atoms with Crippen LogP contribution in [0.3, 0.4) is 0 Å². The van der Waals surface area contributed by atoms with Crippen LogP contribution in [0.4, 0.5) is 4.79 Å². The number of urea groups is 1. The molecule has 0 aromatic heterocycles. The summed E-state index contributed by atoms with van der Waals surface area (Å²) in [5, 5.41) is 14.0. The molecule has 2 unspecified atom stereocenters. The molecule has 1 aromatic carbocycles. The molecule has 0 fully saturated rings. The average molecular weight is 278 g/mol. The van der Waals surface area contributed by atoms with Crippen LogP contribution >= 0.6 is 0 Å². The fraction of sp³-hybridized carbons (Fsp3) is 0.467. The van der Waals surface area contributed by atoms with Gasteiger partial charge >= 0.3 is 12.0 Å². The fourth-order valence-corrected chi connectivity index (χ4v) is 1.90. The van der Waals surface area contributed by atoms with Gasteiger partial charge in [0.05, 0.1) is 0 Å². The van der Waals surface area contributed by atoms with Gasteiger partial charge in [-0.2, -0.15) is 0 Å². The van der Waals surface area contributed by atoms with Gasteiger partial charge in [0.1, 0.15) is 6.04 Å². The zero-order valence-electron chi connectivity index (χ0n) is 11.9. The standard InChI is InChI=1S/C15H22N2O3/c1-3-13(14(18)19)17-15(20)16-10-9-11(2)12-7-5-4-6-8-12/h4-8,11,13H,3,9-10H2,1-2H3,(H,18,19)(H2,16,17,20). The fourth-order valence-electron chi connectivity index (χ4n) is 1.90. The minimum atomic E-state index is -1.01. The van der Waals surface area contributed by atoms with Crippen LogP contribution in [0.25, 0.3) is 0 Å². The van der Waals surface area contributed by atoms with Crippen molar-refractivity contribution in [1.29, 1.82) is 0 Å². The highest BCUT2D eigenvalue weighted by Crippen LogP contribution is 2.17. The Morgan fingerprint density at radius 1 is 1.25 bits per heavy atom. The number of carbonyl (C=O) groups excluding carboxylic acids is 1. The predicted octanol–water partition coefficient (Wildman–Crippen LogP) is 2.34. The maximum absolute atomic E-state index is 11.5. The summed E-state index contributed by atoms with van der Waals surface area (Å²) in [4.78, 5) is 22.3. The van der Waals surface area contributed by atoms with Gasteiger partial charge in [-0.05, 0) is 24.3 Å². The Morgan fingerprint density at radius 3 is 2.45 bits per heavy atom. The largest absolute Gasteiger partial charge is 0.480 e. The molecule has 0 bridgehead atoms. The molecule has 0 spiro atoms. The number of hydrogen-bond donors (Lipinski definition) is 3. The molecule has 0 aliphatic carbocycles. The highest BCUT2D eigenvalue weighted by atomic mass is 16.4. The van der Waals surface area contributed by atoms with Crippen LogP contribution in [0.5, 0.6) is 0 Å². The number of carboxylic acids is 1. The Morgan fingerprint density at radius 2 is 1.90 bits per heavy atom. The third-order valence-electron chi connectivity index (χ3n) is 3.24. The molecule has 0 saturated carbocycles. The minimum absolute atomic E-state index is 0.345. The molecule has 5 heteroatoms. The van der Waals surface area contributed by atoms with Crippen molar-refractivity contribution in [3.63, 3.8) is 0 Å². The first-order chi connectivity index (χ1) is 9.54. The van der Waals surface area contributed by atoms with E-state index in [1.807, 2.05) is 18.2 Å². The van der Waals surface area contributed by atoms with E-state index in [1.165, 1.54) is 5.56 Å². The number of aliphatic carboxylic acids is 1. The normalized spacial score (nSPS) is 13.3. The summed E-state index contributed by atoms with van der Waals surface area (Å²) in [5.41, 5.74) is 1.23. The van der Waals surface area contributed by atoms with Crippen LogP contribution < -0.4 is 10.6 Å². The van der Waals surface area contributed by atoms with E-state index in [2.05, 4.69) is 29.7 Å². The van der Waals surface area contributed by atoms with Crippen LogP contribution in [-0.4, -0.2) is 29.7 Å². The summed E-state index contributed by atoms with van der Waals surface area (Å²) >= 11 is 0. The summed E-state index contributed by atoms with van der Waals surface area (Å²) in [7, 11) is 0. The average Bonchev–Trinajstić information content (AvgIpc) is 2.45. The molecule has 1 aromatic rings. The van der Waals surface area contributed by atoms with Crippen LogP contribution in [0.1, 0.15) is 38.2 Å². The monoisotopic (exact) mass is 278 g/mol. The summed E-state index contributed by atoms with van der Waals surface area (Å²) in [6.07, 6.45) is 1.17. The molecule has 0 heterocycles. The first kappa shape index (κ1) is 16.0. The summed E-state index contributed by atoms with van der Waals surface area (Å²) in [5.74, 6) is -0.668.